The highest BCUT2D eigenvalue weighted by atomic mass is 16.3. The van der Waals surface area contributed by atoms with Gasteiger partial charge in [-0.05, 0) is 24.2 Å². The van der Waals surface area contributed by atoms with E-state index in [1.54, 1.807) is 13.1 Å². The normalized spacial score (nSPS) is 12.3. The second-order valence-corrected chi connectivity index (χ2v) is 4.34. The summed E-state index contributed by atoms with van der Waals surface area (Å²) in [6.45, 7) is 0.365. The van der Waals surface area contributed by atoms with Crippen molar-refractivity contribution < 1.29 is 15.3 Å². The Kier molecular flexibility index (Phi) is 4.04. The highest BCUT2D eigenvalue weighted by Crippen LogP contribution is 2.41. The Bertz CT molecular complexity index is 555. The van der Waals surface area contributed by atoms with Crippen LogP contribution in [0.1, 0.15) is 11.7 Å². The molecular weight excluding hydrogens is 242 g/mol. The molecule has 4 nitrogen and oxygen atoms in total. The minimum absolute atomic E-state index is 0.195. The molecule has 0 radical (unpaired) electrons. The molecule has 0 aliphatic carbocycles. The van der Waals surface area contributed by atoms with E-state index in [0.717, 1.165) is 5.56 Å². The van der Waals surface area contributed by atoms with Crippen molar-refractivity contribution in [2.75, 3.05) is 13.6 Å². The number of likely N-dealkylation sites (N-methyl/N-ethyl adjacent to an activating group) is 1. The molecule has 0 aromatic heterocycles. The third kappa shape index (κ3) is 2.70. The number of benzene rings is 2. The van der Waals surface area contributed by atoms with Gasteiger partial charge in [-0.2, -0.15) is 0 Å². The maximum absolute atomic E-state index is 10.1. The predicted octanol–water partition coefficient (Wildman–Crippen LogP) is 2.02. The Hall–Kier alpha value is -2.04. The number of rotatable bonds is 4. The minimum atomic E-state index is -0.758. The van der Waals surface area contributed by atoms with Gasteiger partial charge in [0.2, 0.25) is 0 Å². The molecule has 0 amide bonds. The number of phenols is 2. The molecule has 4 N–H and O–H groups in total. The van der Waals surface area contributed by atoms with Gasteiger partial charge < -0.3 is 20.6 Å². The van der Waals surface area contributed by atoms with E-state index in [2.05, 4.69) is 5.32 Å². The SMILES string of the molecule is CNCC(O)c1ccc(O)c(O)c1-c1ccccc1. The molecule has 0 spiro atoms. The molecule has 0 saturated heterocycles. The minimum Gasteiger partial charge on any atom is -0.504 e. The Morgan fingerprint density at radius 2 is 1.74 bits per heavy atom. The van der Waals surface area contributed by atoms with Gasteiger partial charge in [0.25, 0.3) is 0 Å². The van der Waals surface area contributed by atoms with Crippen LogP contribution in [0.15, 0.2) is 42.5 Å². The molecule has 0 aliphatic rings. The quantitative estimate of drug-likeness (QED) is 0.634. The Morgan fingerprint density at radius 1 is 1.05 bits per heavy atom. The van der Waals surface area contributed by atoms with Crippen molar-refractivity contribution in [2.45, 2.75) is 6.10 Å². The van der Waals surface area contributed by atoms with E-state index in [4.69, 9.17) is 0 Å². The van der Waals surface area contributed by atoms with Gasteiger partial charge in [0.15, 0.2) is 11.5 Å². The fourth-order valence-electron chi connectivity index (χ4n) is 2.08. The summed E-state index contributed by atoms with van der Waals surface area (Å²) in [6, 6.07) is 12.2. The molecule has 1 unspecified atom stereocenters. The summed E-state index contributed by atoms with van der Waals surface area (Å²) in [7, 11) is 1.74. The lowest BCUT2D eigenvalue weighted by molar-refractivity contribution is 0.178. The Morgan fingerprint density at radius 3 is 2.37 bits per heavy atom. The lowest BCUT2D eigenvalue weighted by atomic mass is 9.94. The van der Waals surface area contributed by atoms with Crippen LogP contribution < -0.4 is 5.32 Å². The number of aromatic hydroxyl groups is 2. The van der Waals surface area contributed by atoms with Crippen LogP contribution in [0.5, 0.6) is 11.5 Å². The van der Waals surface area contributed by atoms with E-state index >= 15 is 0 Å². The molecule has 0 heterocycles. The Balaban J connectivity index is 2.59. The molecule has 0 bridgehead atoms. The van der Waals surface area contributed by atoms with Crippen LogP contribution in [0.25, 0.3) is 11.1 Å². The predicted molar refractivity (Wildman–Crippen MR) is 74.1 cm³/mol. The molecule has 19 heavy (non-hydrogen) atoms. The van der Waals surface area contributed by atoms with Gasteiger partial charge in [-0.3, -0.25) is 0 Å². The van der Waals surface area contributed by atoms with Crippen molar-refractivity contribution in [3.05, 3.63) is 48.0 Å². The van der Waals surface area contributed by atoms with Gasteiger partial charge in [-0.1, -0.05) is 36.4 Å². The average Bonchev–Trinajstić information content (AvgIpc) is 2.43. The van der Waals surface area contributed by atoms with E-state index in [-0.39, 0.29) is 11.5 Å². The topological polar surface area (TPSA) is 72.7 Å². The highest BCUT2D eigenvalue weighted by Gasteiger charge is 2.18. The van der Waals surface area contributed by atoms with Gasteiger partial charge >= 0.3 is 0 Å². The van der Waals surface area contributed by atoms with Crippen molar-refractivity contribution in [3.8, 4) is 22.6 Å². The van der Waals surface area contributed by atoms with Gasteiger partial charge in [0, 0.05) is 12.1 Å². The molecule has 2 aromatic rings. The first kappa shape index (κ1) is 13.4. The monoisotopic (exact) mass is 259 g/mol. The summed E-state index contributed by atoms with van der Waals surface area (Å²) in [4.78, 5) is 0. The molecule has 2 rings (SSSR count). The first-order valence-corrected chi connectivity index (χ1v) is 6.08. The molecule has 0 saturated carbocycles. The number of aliphatic hydroxyl groups excluding tert-OH is 1. The lowest BCUT2D eigenvalue weighted by Gasteiger charge is -2.17. The lowest BCUT2D eigenvalue weighted by Crippen LogP contribution is -2.17. The first-order valence-electron chi connectivity index (χ1n) is 6.08. The van der Waals surface area contributed by atoms with E-state index in [9.17, 15) is 15.3 Å². The van der Waals surface area contributed by atoms with Crippen LogP contribution in [0.3, 0.4) is 0 Å². The third-order valence-corrected chi connectivity index (χ3v) is 3.01. The van der Waals surface area contributed by atoms with Gasteiger partial charge in [0.05, 0.1) is 6.10 Å². The van der Waals surface area contributed by atoms with Crippen LogP contribution >= 0.6 is 0 Å². The second kappa shape index (κ2) is 5.73. The first-order chi connectivity index (χ1) is 9.15. The summed E-state index contributed by atoms with van der Waals surface area (Å²) >= 11 is 0. The summed E-state index contributed by atoms with van der Waals surface area (Å²) in [6.07, 6.45) is -0.758. The summed E-state index contributed by atoms with van der Waals surface area (Å²) in [5.41, 5.74) is 1.79. The molecule has 0 fully saturated rings. The third-order valence-electron chi connectivity index (χ3n) is 3.01. The summed E-state index contributed by atoms with van der Waals surface area (Å²) in [5.74, 6) is -0.405. The van der Waals surface area contributed by atoms with E-state index in [1.807, 2.05) is 30.3 Å². The smallest absolute Gasteiger partial charge is 0.165 e. The van der Waals surface area contributed by atoms with Crippen LogP contribution in [-0.2, 0) is 0 Å². The van der Waals surface area contributed by atoms with Crippen LogP contribution in [-0.4, -0.2) is 28.9 Å². The second-order valence-electron chi connectivity index (χ2n) is 4.34. The van der Waals surface area contributed by atoms with Crippen molar-refractivity contribution in [1.29, 1.82) is 0 Å². The molecular formula is C15H17NO3. The number of phenolic OH excluding ortho intramolecular Hbond substituents is 2. The Labute approximate surface area is 112 Å². The highest BCUT2D eigenvalue weighted by molar-refractivity contribution is 5.77. The molecule has 4 heteroatoms. The maximum Gasteiger partial charge on any atom is 0.165 e. The average molecular weight is 259 g/mol. The van der Waals surface area contributed by atoms with E-state index in [0.29, 0.717) is 17.7 Å². The zero-order valence-electron chi connectivity index (χ0n) is 10.7. The summed E-state index contributed by atoms with van der Waals surface area (Å²) in [5, 5.41) is 32.7. The van der Waals surface area contributed by atoms with Gasteiger partial charge in [-0.15, -0.1) is 0 Å². The number of nitrogens with one attached hydrogen (secondary N) is 1. The zero-order chi connectivity index (χ0) is 13.8. The number of aliphatic hydroxyl groups is 1. The van der Waals surface area contributed by atoms with Crippen molar-refractivity contribution in [1.82, 2.24) is 5.32 Å². The van der Waals surface area contributed by atoms with E-state index in [1.165, 1.54) is 6.07 Å². The van der Waals surface area contributed by atoms with Gasteiger partial charge in [-0.25, -0.2) is 0 Å². The fraction of sp³-hybridized carbons (Fsp3) is 0.200. The molecule has 0 aliphatic heterocycles. The zero-order valence-corrected chi connectivity index (χ0v) is 10.7. The summed E-state index contributed by atoms with van der Waals surface area (Å²) < 4.78 is 0. The number of hydrogen-bond acceptors (Lipinski definition) is 4. The largest absolute Gasteiger partial charge is 0.504 e. The maximum atomic E-state index is 10.1. The van der Waals surface area contributed by atoms with Crippen molar-refractivity contribution in [2.24, 2.45) is 0 Å². The van der Waals surface area contributed by atoms with Crippen LogP contribution in [0, 0.1) is 0 Å². The van der Waals surface area contributed by atoms with E-state index < -0.39 is 6.10 Å². The standard InChI is InChI=1S/C15H17NO3/c1-16-9-13(18)11-7-8-12(17)15(19)14(11)10-5-3-2-4-6-10/h2-8,13,16-19H,9H2,1H3. The van der Waals surface area contributed by atoms with Crippen molar-refractivity contribution >= 4 is 0 Å². The van der Waals surface area contributed by atoms with Crippen LogP contribution in [0.2, 0.25) is 0 Å². The molecule has 1 atom stereocenters. The van der Waals surface area contributed by atoms with Gasteiger partial charge in [0.1, 0.15) is 0 Å². The molecule has 2 aromatic carbocycles. The number of hydrogen-bond donors (Lipinski definition) is 4. The molecule has 100 valence electrons. The van der Waals surface area contributed by atoms with Crippen LogP contribution in [0.4, 0.5) is 0 Å². The fourth-order valence-corrected chi connectivity index (χ4v) is 2.08. The van der Waals surface area contributed by atoms with Crippen molar-refractivity contribution in [3.63, 3.8) is 0 Å².